The molecule has 232 valence electrons. The number of likely N-dealkylation sites (N-methyl/N-ethyl adjacent to an activating group) is 1. The van der Waals surface area contributed by atoms with Crippen molar-refractivity contribution in [2.45, 2.75) is 50.6 Å². The van der Waals surface area contributed by atoms with E-state index in [4.69, 9.17) is 0 Å². The second-order valence-electron chi connectivity index (χ2n) is 11.2. The number of aromatic nitrogens is 2. The molecule has 2 atom stereocenters. The summed E-state index contributed by atoms with van der Waals surface area (Å²) < 4.78 is 56.0. The molecule has 1 spiro atoms. The van der Waals surface area contributed by atoms with Gasteiger partial charge in [-0.05, 0) is 54.2 Å². The molecule has 1 aromatic heterocycles. The molecule has 1 N–H and O–H groups in total. The number of imide groups is 1. The Balaban J connectivity index is 1.35. The molecule has 5 rings (SSSR count). The van der Waals surface area contributed by atoms with Crippen molar-refractivity contribution in [2.24, 2.45) is 0 Å². The summed E-state index contributed by atoms with van der Waals surface area (Å²) in [6.45, 7) is -0.519. The Morgan fingerprint density at radius 3 is 2.41 bits per heavy atom. The number of carbonyl (C=O) groups is 4. The van der Waals surface area contributed by atoms with Crippen molar-refractivity contribution >= 4 is 23.8 Å². The fourth-order valence-electron chi connectivity index (χ4n) is 5.48. The van der Waals surface area contributed by atoms with Gasteiger partial charge in [0.2, 0.25) is 11.8 Å². The SMILES string of the molecule is C[C@H](N(Cc1ccc(F)cc1)C(=O)CN1C(=O)N[C@]2(CCc3cc(-c4cnn(CC(=O)N(C)C)c4)ccc32)C1=O)C(F)(F)F. The summed E-state index contributed by atoms with van der Waals surface area (Å²) in [7, 11) is 3.30. The fraction of sp³-hybridized carbons (Fsp3) is 0.367. The van der Waals surface area contributed by atoms with Crippen LogP contribution in [0.15, 0.2) is 54.9 Å². The van der Waals surface area contributed by atoms with Crippen LogP contribution in [0.4, 0.5) is 22.4 Å². The Hall–Kier alpha value is -4.75. The number of amides is 5. The van der Waals surface area contributed by atoms with Gasteiger partial charge in [0.05, 0.1) is 6.20 Å². The molecule has 5 amide bonds. The van der Waals surface area contributed by atoms with Gasteiger partial charge in [-0.3, -0.25) is 24.0 Å². The number of halogens is 4. The molecule has 0 unspecified atom stereocenters. The summed E-state index contributed by atoms with van der Waals surface area (Å²) in [5, 5.41) is 6.92. The van der Waals surface area contributed by atoms with E-state index in [0.29, 0.717) is 21.8 Å². The van der Waals surface area contributed by atoms with Gasteiger partial charge in [0, 0.05) is 32.4 Å². The van der Waals surface area contributed by atoms with Crippen molar-refractivity contribution in [1.82, 2.24) is 29.8 Å². The van der Waals surface area contributed by atoms with Crippen LogP contribution in [0, 0.1) is 5.82 Å². The first-order chi connectivity index (χ1) is 20.7. The zero-order valence-electron chi connectivity index (χ0n) is 24.2. The monoisotopic (exact) mass is 614 g/mol. The molecule has 2 aromatic carbocycles. The number of alkyl halides is 3. The Morgan fingerprint density at radius 1 is 1.05 bits per heavy atom. The van der Waals surface area contributed by atoms with Crippen LogP contribution in [-0.2, 0) is 39.4 Å². The van der Waals surface area contributed by atoms with Gasteiger partial charge >= 0.3 is 12.2 Å². The zero-order valence-corrected chi connectivity index (χ0v) is 24.2. The van der Waals surface area contributed by atoms with E-state index < -0.39 is 54.5 Å². The van der Waals surface area contributed by atoms with E-state index in [1.165, 1.54) is 21.7 Å². The van der Waals surface area contributed by atoms with E-state index in [2.05, 4.69) is 10.4 Å². The summed E-state index contributed by atoms with van der Waals surface area (Å²) in [4.78, 5) is 54.6. The number of urea groups is 1. The Morgan fingerprint density at radius 2 is 1.75 bits per heavy atom. The molecule has 2 heterocycles. The van der Waals surface area contributed by atoms with Gasteiger partial charge in [-0.2, -0.15) is 18.3 Å². The molecule has 0 saturated carbocycles. The van der Waals surface area contributed by atoms with E-state index in [-0.39, 0.29) is 24.4 Å². The third kappa shape index (κ3) is 5.75. The van der Waals surface area contributed by atoms with Crippen molar-refractivity contribution in [1.29, 1.82) is 0 Å². The number of rotatable bonds is 8. The zero-order chi connectivity index (χ0) is 32.0. The maximum absolute atomic E-state index is 13.7. The first kappa shape index (κ1) is 30.7. The molecule has 1 aliphatic heterocycles. The Kier molecular flexibility index (Phi) is 7.95. The predicted molar refractivity (Wildman–Crippen MR) is 149 cm³/mol. The van der Waals surface area contributed by atoms with E-state index in [0.717, 1.165) is 35.7 Å². The second-order valence-corrected chi connectivity index (χ2v) is 11.2. The van der Waals surface area contributed by atoms with Crippen LogP contribution in [0.2, 0.25) is 0 Å². The summed E-state index contributed by atoms with van der Waals surface area (Å²) in [6.07, 6.45) is -0.815. The normalized spacial score (nSPS) is 18.4. The van der Waals surface area contributed by atoms with Gasteiger partial charge in [-0.25, -0.2) is 9.18 Å². The lowest BCUT2D eigenvalue weighted by Crippen LogP contribution is -2.51. The minimum absolute atomic E-state index is 0.0687. The van der Waals surface area contributed by atoms with Gasteiger partial charge in [-0.15, -0.1) is 0 Å². The number of aryl methyl sites for hydroxylation is 1. The molecule has 2 aliphatic rings. The number of fused-ring (bicyclic) bond motifs is 2. The first-order valence-corrected chi connectivity index (χ1v) is 13.8. The number of hydrogen-bond donors (Lipinski definition) is 1. The highest BCUT2D eigenvalue weighted by Gasteiger charge is 2.56. The van der Waals surface area contributed by atoms with Crippen LogP contribution < -0.4 is 5.32 Å². The van der Waals surface area contributed by atoms with Gasteiger partial charge in [0.15, 0.2) is 0 Å². The topological polar surface area (TPSA) is 108 Å². The summed E-state index contributed by atoms with van der Waals surface area (Å²) in [6, 6.07) is 6.87. The molecule has 1 aliphatic carbocycles. The molecule has 10 nitrogen and oxygen atoms in total. The van der Waals surface area contributed by atoms with Crippen LogP contribution in [0.1, 0.15) is 30.0 Å². The molecular weight excluding hydrogens is 584 g/mol. The fourth-order valence-corrected chi connectivity index (χ4v) is 5.48. The van der Waals surface area contributed by atoms with Crippen LogP contribution in [0.3, 0.4) is 0 Å². The van der Waals surface area contributed by atoms with Crippen LogP contribution >= 0.6 is 0 Å². The number of carbonyl (C=O) groups excluding carboxylic acids is 4. The standard InChI is InChI=1S/C30H30F4N6O4/c1-18(30(32,33)34)39(14-19-4-7-23(31)8-5-19)26(42)17-40-27(43)29(36-28(40)44)11-10-21-12-20(6-9-24(21)29)22-13-35-38(15-22)16-25(41)37(2)3/h4-9,12-13,15,18H,10-11,14,16-17H2,1-3H3,(H,36,44)/t18-,29-/m0/s1. The molecule has 1 saturated heterocycles. The molecule has 1 fully saturated rings. The van der Waals surface area contributed by atoms with Gasteiger partial charge in [-0.1, -0.05) is 30.3 Å². The number of nitrogens with one attached hydrogen (secondary N) is 1. The average Bonchev–Trinajstić information content (AvgIpc) is 3.65. The largest absolute Gasteiger partial charge is 0.408 e. The highest BCUT2D eigenvalue weighted by molar-refractivity contribution is 6.10. The lowest BCUT2D eigenvalue weighted by molar-refractivity contribution is -0.187. The third-order valence-electron chi connectivity index (χ3n) is 8.09. The van der Waals surface area contributed by atoms with Gasteiger partial charge in [0.25, 0.3) is 5.91 Å². The predicted octanol–water partition coefficient (Wildman–Crippen LogP) is 3.45. The first-order valence-electron chi connectivity index (χ1n) is 13.8. The summed E-state index contributed by atoms with van der Waals surface area (Å²) >= 11 is 0. The average molecular weight is 615 g/mol. The number of benzene rings is 2. The van der Waals surface area contributed by atoms with Crippen molar-refractivity contribution in [2.75, 3.05) is 20.6 Å². The van der Waals surface area contributed by atoms with Crippen molar-refractivity contribution in [3.05, 3.63) is 77.4 Å². The smallest absolute Gasteiger partial charge is 0.347 e. The van der Waals surface area contributed by atoms with Gasteiger partial charge < -0.3 is 15.1 Å². The van der Waals surface area contributed by atoms with Gasteiger partial charge in [0.1, 0.15) is 30.5 Å². The molecular formula is C30H30F4N6O4. The van der Waals surface area contributed by atoms with E-state index in [9.17, 15) is 36.7 Å². The lowest BCUT2D eigenvalue weighted by atomic mass is 9.90. The Labute approximate surface area is 250 Å². The van der Waals surface area contributed by atoms with Crippen molar-refractivity contribution < 1.29 is 36.7 Å². The summed E-state index contributed by atoms with van der Waals surface area (Å²) in [5.41, 5.74) is 1.65. The lowest BCUT2D eigenvalue weighted by Gasteiger charge is -2.32. The molecule has 14 heteroatoms. The quantitative estimate of drug-likeness (QED) is 0.309. The molecule has 0 radical (unpaired) electrons. The minimum Gasteiger partial charge on any atom is -0.347 e. The summed E-state index contributed by atoms with van der Waals surface area (Å²) in [5.74, 6) is -2.52. The maximum atomic E-state index is 13.7. The van der Waals surface area contributed by atoms with E-state index >= 15 is 0 Å². The van der Waals surface area contributed by atoms with E-state index in [1.807, 2.05) is 6.07 Å². The van der Waals surface area contributed by atoms with E-state index in [1.54, 1.807) is 38.6 Å². The van der Waals surface area contributed by atoms with Crippen LogP contribution in [-0.4, -0.2) is 81.1 Å². The highest BCUT2D eigenvalue weighted by atomic mass is 19.4. The minimum atomic E-state index is -4.78. The molecule has 3 aromatic rings. The highest BCUT2D eigenvalue weighted by Crippen LogP contribution is 2.43. The second kappa shape index (κ2) is 11.4. The Bertz CT molecular complexity index is 1620. The van der Waals surface area contributed by atoms with Crippen molar-refractivity contribution in [3.8, 4) is 11.1 Å². The third-order valence-corrected chi connectivity index (χ3v) is 8.09. The number of hydrogen-bond acceptors (Lipinski definition) is 5. The number of nitrogens with zero attached hydrogens (tertiary/aromatic N) is 5. The maximum Gasteiger partial charge on any atom is 0.408 e. The van der Waals surface area contributed by atoms with Crippen LogP contribution in [0.25, 0.3) is 11.1 Å². The molecule has 0 bridgehead atoms. The van der Waals surface area contributed by atoms with Crippen molar-refractivity contribution in [3.63, 3.8) is 0 Å². The molecule has 44 heavy (non-hydrogen) atoms. The van der Waals surface area contributed by atoms with Crippen LogP contribution in [0.5, 0.6) is 0 Å².